The molecule has 2 heteroatoms. The molecule has 0 aliphatic rings. The lowest BCUT2D eigenvalue weighted by molar-refractivity contribution is 1.13. The summed E-state index contributed by atoms with van der Waals surface area (Å²) in [6.07, 6.45) is 2.72. The monoisotopic (exact) mass is 328 g/mol. The fourth-order valence-corrected chi connectivity index (χ4v) is 3.12. The summed E-state index contributed by atoms with van der Waals surface area (Å²) in [5.41, 5.74) is 9.60. The molecule has 3 rings (SSSR count). The topological polar surface area (TPSA) is 25.8 Å². The lowest BCUT2D eigenvalue weighted by Gasteiger charge is -2.13. The van der Waals surface area contributed by atoms with Gasteiger partial charge < -0.3 is 0 Å². The van der Waals surface area contributed by atoms with Crippen molar-refractivity contribution >= 4 is 5.57 Å². The molecular weight excluding hydrogens is 304 g/mol. The maximum atomic E-state index is 5.00. The molecule has 0 unspecified atom stereocenters. The number of benzene rings is 2. The number of aryl methyl sites for hydroxylation is 3. The third-order valence-corrected chi connectivity index (χ3v) is 4.45. The van der Waals surface area contributed by atoms with E-state index in [2.05, 4.69) is 64.6 Å². The van der Waals surface area contributed by atoms with Crippen molar-refractivity contribution in [3.05, 3.63) is 77.6 Å². The molecule has 0 amide bonds. The van der Waals surface area contributed by atoms with Gasteiger partial charge in [-0.3, -0.25) is 4.98 Å². The van der Waals surface area contributed by atoms with Crippen molar-refractivity contribution in [3.63, 3.8) is 0 Å². The van der Waals surface area contributed by atoms with E-state index in [9.17, 15) is 0 Å². The highest BCUT2D eigenvalue weighted by molar-refractivity contribution is 5.78. The molecule has 0 aliphatic heterocycles. The van der Waals surface area contributed by atoms with Crippen LogP contribution in [0.3, 0.4) is 0 Å². The molecule has 0 aliphatic carbocycles. The Labute approximate surface area is 150 Å². The van der Waals surface area contributed by atoms with Crippen LogP contribution in [0.4, 0.5) is 0 Å². The highest BCUT2D eigenvalue weighted by Crippen LogP contribution is 2.31. The Morgan fingerprint density at radius 3 is 2.32 bits per heavy atom. The van der Waals surface area contributed by atoms with Crippen molar-refractivity contribution < 1.29 is 0 Å². The summed E-state index contributed by atoms with van der Waals surface area (Å²) in [6, 6.07) is 14.8. The van der Waals surface area contributed by atoms with E-state index < -0.39 is 0 Å². The maximum absolute atomic E-state index is 5.00. The van der Waals surface area contributed by atoms with Gasteiger partial charge in [-0.2, -0.15) is 0 Å². The van der Waals surface area contributed by atoms with Crippen molar-refractivity contribution in [2.45, 2.75) is 34.1 Å². The van der Waals surface area contributed by atoms with Crippen LogP contribution in [0.1, 0.15) is 35.7 Å². The van der Waals surface area contributed by atoms with E-state index >= 15 is 0 Å². The Bertz CT molecular complexity index is 918. The molecule has 0 fully saturated rings. The molecule has 2 aromatic carbocycles. The van der Waals surface area contributed by atoms with E-state index in [0.29, 0.717) is 0 Å². The van der Waals surface area contributed by atoms with E-state index in [1.54, 1.807) is 0 Å². The molecule has 1 aromatic heterocycles. The second-order valence-electron chi connectivity index (χ2n) is 6.60. The van der Waals surface area contributed by atoms with Crippen LogP contribution in [0.2, 0.25) is 0 Å². The molecule has 25 heavy (non-hydrogen) atoms. The number of hydrogen-bond donors (Lipinski definition) is 0. The zero-order valence-electron chi connectivity index (χ0n) is 15.4. The van der Waals surface area contributed by atoms with Gasteiger partial charge in [0.05, 0.1) is 23.3 Å². The standard InChI is InChI=1S/C23H24N2/c1-6-17(4)22-23(19-12-15(2)11-16(3)13-19)25-21(14-24-22)20-10-8-7-9-18(20)5/h7-14H,4,6H2,1-3,5H3. The van der Waals surface area contributed by atoms with Crippen molar-refractivity contribution in [1.82, 2.24) is 9.97 Å². The molecule has 0 bridgehead atoms. The van der Waals surface area contributed by atoms with Gasteiger partial charge in [0.1, 0.15) is 0 Å². The molecule has 0 atom stereocenters. The molecule has 0 radical (unpaired) electrons. The SMILES string of the molecule is C=C(CC)c1ncc(-c2ccccc2C)nc1-c1cc(C)cc(C)c1. The quantitative estimate of drug-likeness (QED) is 0.573. The summed E-state index contributed by atoms with van der Waals surface area (Å²) < 4.78 is 0. The maximum Gasteiger partial charge on any atom is 0.0969 e. The van der Waals surface area contributed by atoms with Crippen LogP contribution in [0.15, 0.2) is 55.2 Å². The Morgan fingerprint density at radius 2 is 1.68 bits per heavy atom. The van der Waals surface area contributed by atoms with Gasteiger partial charge in [-0.05, 0) is 50.5 Å². The average molecular weight is 328 g/mol. The summed E-state index contributed by atoms with van der Waals surface area (Å²) in [4.78, 5) is 9.74. The van der Waals surface area contributed by atoms with Crippen molar-refractivity contribution in [2.75, 3.05) is 0 Å². The number of hydrogen-bond acceptors (Lipinski definition) is 2. The summed E-state index contributed by atoms with van der Waals surface area (Å²) >= 11 is 0. The first-order valence-electron chi connectivity index (χ1n) is 8.69. The first-order chi connectivity index (χ1) is 12.0. The second-order valence-corrected chi connectivity index (χ2v) is 6.60. The minimum atomic E-state index is 0.857. The zero-order chi connectivity index (χ0) is 18.0. The summed E-state index contributed by atoms with van der Waals surface area (Å²) in [5, 5.41) is 0. The van der Waals surface area contributed by atoms with Gasteiger partial charge in [-0.1, -0.05) is 55.0 Å². The third-order valence-electron chi connectivity index (χ3n) is 4.45. The van der Waals surface area contributed by atoms with Gasteiger partial charge in [0.2, 0.25) is 0 Å². The zero-order valence-corrected chi connectivity index (χ0v) is 15.4. The van der Waals surface area contributed by atoms with Gasteiger partial charge in [0.25, 0.3) is 0 Å². The number of nitrogens with zero attached hydrogens (tertiary/aromatic N) is 2. The lowest BCUT2D eigenvalue weighted by atomic mass is 9.99. The van der Waals surface area contributed by atoms with Gasteiger partial charge in [0.15, 0.2) is 0 Å². The van der Waals surface area contributed by atoms with Crippen LogP contribution in [0, 0.1) is 20.8 Å². The first kappa shape index (κ1) is 17.1. The predicted molar refractivity (Wildman–Crippen MR) is 106 cm³/mol. The molecule has 126 valence electrons. The lowest BCUT2D eigenvalue weighted by Crippen LogP contribution is -2.00. The van der Waals surface area contributed by atoms with Gasteiger partial charge in [0, 0.05) is 11.1 Å². The highest BCUT2D eigenvalue weighted by atomic mass is 14.8. The molecule has 0 N–H and O–H groups in total. The average Bonchev–Trinajstić information content (AvgIpc) is 2.60. The van der Waals surface area contributed by atoms with Crippen LogP contribution in [0.5, 0.6) is 0 Å². The summed E-state index contributed by atoms with van der Waals surface area (Å²) in [7, 11) is 0. The van der Waals surface area contributed by atoms with E-state index in [1.807, 2.05) is 18.3 Å². The molecule has 0 saturated carbocycles. The van der Waals surface area contributed by atoms with Crippen LogP contribution in [0.25, 0.3) is 28.1 Å². The van der Waals surface area contributed by atoms with E-state index in [-0.39, 0.29) is 0 Å². The van der Waals surface area contributed by atoms with Crippen molar-refractivity contribution in [1.29, 1.82) is 0 Å². The Balaban J connectivity index is 2.24. The fourth-order valence-electron chi connectivity index (χ4n) is 3.12. The van der Waals surface area contributed by atoms with Crippen LogP contribution < -0.4 is 0 Å². The van der Waals surface area contributed by atoms with E-state index in [0.717, 1.165) is 40.2 Å². The van der Waals surface area contributed by atoms with Gasteiger partial charge >= 0.3 is 0 Å². The summed E-state index contributed by atoms with van der Waals surface area (Å²) in [6.45, 7) is 12.6. The Hall–Kier alpha value is -2.74. The number of aromatic nitrogens is 2. The van der Waals surface area contributed by atoms with Crippen LogP contribution in [-0.4, -0.2) is 9.97 Å². The van der Waals surface area contributed by atoms with Crippen molar-refractivity contribution in [3.8, 4) is 22.5 Å². The van der Waals surface area contributed by atoms with E-state index in [4.69, 9.17) is 9.97 Å². The van der Waals surface area contributed by atoms with E-state index in [1.165, 1.54) is 16.7 Å². The Morgan fingerprint density at radius 1 is 1.00 bits per heavy atom. The molecule has 2 nitrogen and oxygen atoms in total. The third kappa shape index (κ3) is 3.53. The highest BCUT2D eigenvalue weighted by Gasteiger charge is 2.14. The molecular formula is C23H24N2. The molecule has 0 saturated heterocycles. The van der Waals surface area contributed by atoms with Crippen molar-refractivity contribution in [2.24, 2.45) is 0 Å². The number of rotatable bonds is 4. The minimum Gasteiger partial charge on any atom is -0.252 e. The van der Waals surface area contributed by atoms with Crippen LogP contribution in [-0.2, 0) is 0 Å². The molecule has 1 heterocycles. The second kappa shape index (κ2) is 7.02. The predicted octanol–water partition coefficient (Wildman–Crippen LogP) is 6.16. The summed E-state index contributed by atoms with van der Waals surface area (Å²) in [5.74, 6) is 0. The fraction of sp³-hybridized carbons (Fsp3) is 0.217. The first-order valence-corrected chi connectivity index (χ1v) is 8.69. The van der Waals surface area contributed by atoms with Crippen LogP contribution >= 0.6 is 0 Å². The minimum absolute atomic E-state index is 0.857. The number of allylic oxidation sites excluding steroid dienone is 1. The largest absolute Gasteiger partial charge is 0.252 e. The normalized spacial score (nSPS) is 10.7. The molecule has 3 aromatic rings. The van der Waals surface area contributed by atoms with Gasteiger partial charge in [-0.15, -0.1) is 0 Å². The Kier molecular flexibility index (Phi) is 4.80. The molecule has 0 spiro atoms. The smallest absolute Gasteiger partial charge is 0.0969 e. The van der Waals surface area contributed by atoms with Gasteiger partial charge in [-0.25, -0.2) is 4.98 Å².